The number of rotatable bonds is 5. The molecule has 0 radical (unpaired) electrons. The lowest BCUT2D eigenvalue weighted by atomic mass is 10.1. The Balaban J connectivity index is 2.09. The maximum atomic E-state index is 11.9. The van der Waals surface area contributed by atoms with Crippen molar-refractivity contribution in [2.45, 2.75) is 0 Å². The molecule has 132 valence electrons. The highest BCUT2D eigenvalue weighted by Crippen LogP contribution is 2.36. The molecule has 0 bridgehead atoms. The molecule has 0 aliphatic heterocycles. The third-order valence-corrected chi connectivity index (χ3v) is 3.90. The SMILES string of the molecule is C=CC(=O)Oc1cc(N(C)c2cc(=O)oc3ccccc23)ccc1OC. The monoisotopic (exact) mass is 351 g/mol. The van der Waals surface area contributed by atoms with Crippen LogP contribution < -0.4 is 20.0 Å². The van der Waals surface area contributed by atoms with Crippen LogP contribution in [0.15, 0.2) is 70.4 Å². The van der Waals surface area contributed by atoms with Crippen LogP contribution in [0.5, 0.6) is 11.5 Å². The summed E-state index contributed by atoms with van der Waals surface area (Å²) in [5, 5.41) is 0.787. The zero-order valence-corrected chi connectivity index (χ0v) is 14.4. The number of esters is 1. The van der Waals surface area contributed by atoms with Gasteiger partial charge in [0.25, 0.3) is 0 Å². The highest BCUT2D eigenvalue weighted by Gasteiger charge is 2.15. The third kappa shape index (κ3) is 3.30. The van der Waals surface area contributed by atoms with E-state index in [1.807, 2.05) is 24.1 Å². The van der Waals surface area contributed by atoms with Crippen LogP contribution in [0.1, 0.15) is 0 Å². The summed E-state index contributed by atoms with van der Waals surface area (Å²) < 4.78 is 15.7. The van der Waals surface area contributed by atoms with Gasteiger partial charge in [0.2, 0.25) is 0 Å². The summed E-state index contributed by atoms with van der Waals surface area (Å²) in [7, 11) is 3.29. The van der Waals surface area contributed by atoms with Gasteiger partial charge in [0.05, 0.1) is 12.8 Å². The fourth-order valence-corrected chi connectivity index (χ4v) is 2.61. The molecular weight excluding hydrogens is 334 g/mol. The predicted octanol–water partition coefficient (Wildman–Crippen LogP) is 3.66. The predicted molar refractivity (Wildman–Crippen MR) is 99.4 cm³/mol. The first-order valence-electron chi connectivity index (χ1n) is 7.82. The molecule has 2 aromatic carbocycles. The Kier molecular flexibility index (Phi) is 4.75. The highest BCUT2D eigenvalue weighted by molar-refractivity contribution is 5.92. The highest BCUT2D eigenvalue weighted by atomic mass is 16.6. The van der Waals surface area contributed by atoms with E-state index in [9.17, 15) is 9.59 Å². The van der Waals surface area contributed by atoms with Gasteiger partial charge in [-0.2, -0.15) is 0 Å². The molecule has 6 nitrogen and oxygen atoms in total. The maximum absolute atomic E-state index is 11.9. The lowest BCUT2D eigenvalue weighted by molar-refractivity contribution is -0.129. The number of methoxy groups -OCH3 is 1. The van der Waals surface area contributed by atoms with Gasteiger partial charge >= 0.3 is 11.6 Å². The molecule has 1 aromatic heterocycles. The van der Waals surface area contributed by atoms with Gasteiger partial charge in [-0.25, -0.2) is 9.59 Å². The number of ether oxygens (including phenoxy) is 2. The van der Waals surface area contributed by atoms with Gasteiger partial charge in [0.15, 0.2) is 11.5 Å². The Morgan fingerprint density at radius 1 is 1.15 bits per heavy atom. The van der Waals surface area contributed by atoms with Crippen molar-refractivity contribution in [2.24, 2.45) is 0 Å². The molecule has 0 saturated carbocycles. The molecule has 0 fully saturated rings. The van der Waals surface area contributed by atoms with E-state index < -0.39 is 11.6 Å². The third-order valence-electron chi connectivity index (χ3n) is 3.90. The molecule has 0 aliphatic rings. The van der Waals surface area contributed by atoms with Crippen molar-refractivity contribution < 1.29 is 18.7 Å². The van der Waals surface area contributed by atoms with Crippen LogP contribution >= 0.6 is 0 Å². The molecule has 3 rings (SSSR count). The molecule has 0 spiro atoms. The van der Waals surface area contributed by atoms with Crippen LogP contribution in [0, 0.1) is 0 Å². The fourth-order valence-electron chi connectivity index (χ4n) is 2.61. The molecule has 3 aromatic rings. The van der Waals surface area contributed by atoms with Crippen molar-refractivity contribution in [3.63, 3.8) is 0 Å². The van der Waals surface area contributed by atoms with Crippen LogP contribution in [-0.2, 0) is 4.79 Å². The van der Waals surface area contributed by atoms with Crippen LogP contribution in [0.2, 0.25) is 0 Å². The smallest absolute Gasteiger partial charge is 0.338 e. The number of fused-ring (bicyclic) bond motifs is 1. The molecule has 0 amide bonds. The molecule has 26 heavy (non-hydrogen) atoms. The zero-order valence-electron chi connectivity index (χ0n) is 14.4. The van der Waals surface area contributed by atoms with Crippen LogP contribution in [0.3, 0.4) is 0 Å². The Labute approximate surface area is 149 Å². The number of carbonyl (C=O) groups is 1. The number of anilines is 2. The molecule has 0 N–H and O–H groups in total. The van der Waals surface area contributed by atoms with Gasteiger partial charge in [-0.1, -0.05) is 18.7 Å². The van der Waals surface area contributed by atoms with E-state index in [1.165, 1.54) is 13.2 Å². The Morgan fingerprint density at radius 2 is 1.92 bits per heavy atom. The number of benzene rings is 2. The number of para-hydroxylation sites is 1. The molecule has 0 saturated heterocycles. The summed E-state index contributed by atoms with van der Waals surface area (Å²) in [6, 6.07) is 13.8. The van der Waals surface area contributed by atoms with Crippen molar-refractivity contribution >= 4 is 28.3 Å². The van der Waals surface area contributed by atoms with Crippen molar-refractivity contribution in [3.8, 4) is 11.5 Å². The van der Waals surface area contributed by atoms with E-state index in [-0.39, 0.29) is 5.75 Å². The number of hydrogen-bond donors (Lipinski definition) is 0. The number of nitrogens with zero attached hydrogens (tertiary/aromatic N) is 1. The average molecular weight is 351 g/mol. The minimum atomic E-state index is -0.589. The summed E-state index contributed by atoms with van der Waals surface area (Å²) in [5.41, 5.74) is 1.42. The largest absolute Gasteiger partial charge is 0.493 e. The normalized spacial score (nSPS) is 10.4. The summed E-state index contributed by atoms with van der Waals surface area (Å²) >= 11 is 0. The lowest BCUT2D eigenvalue weighted by Crippen LogP contribution is -2.13. The second kappa shape index (κ2) is 7.14. The van der Waals surface area contributed by atoms with Crippen LogP contribution in [-0.4, -0.2) is 20.1 Å². The molecule has 0 unspecified atom stereocenters. The lowest BCUT2D eigenvalue weighted by Gasteiger charge is -2.22. The Hall–Kier alpha value is -3.54. The first-order chi connectivity index (χ1) is 12.5. The van der Waals surface area contributed by atoms with Crippen molar-refractivity contribution in [3.05, 3.63) is 71.6 Å². The molecule has 0 aliphatic carbocycles. The minimum Gasteiger partial charge on any atom is -0.493 e. The Bertz CT molecular complexity index is 1040. The summed E-state index contributed by atoms with van der Waals surface area (Å²) in [5.74, 6) is 0.0812. The maximum Gasteiger partial charge on any atom is 0.338 e. The van der Waals surface area contributed by atoms with Crippen LogP contribution in [0.25, 0.3) is 11.0 Å². The number of carbonyl (C=O) groups excluding carboxylic acids is 1. The zero-order chi connectivity index (χ0) is 18.7. The van der Waals surface area contributed by atoms with Gasteiger partial charge in [-0.15, -0.1) is 0 Å². The standard InChI is InChI=1S/C20H17NO5/c1-4-19(22)26-18-11-13(9-10-17(18)24-3)21(2)15-12-20(23)25-16-8-6-5-7-14(15)16/h4-12H,1H2,2-3H3. The minimum absolute atomic E-state index is 0.258. The van der Waals surface area contributed by atoms with Crippen molar-refractivity contribution in [1.29, 1.82) is 0 Å². The van der Waals surface area contributed by atoms with E-state index in [1.54, 1.807) is 30.3 Å². The van der Waals surface area contributed by atoms with E-state index in [0.29, 0.717) is 22.7 Å². The van der Waals surface area contributed by atoms with Crippen LogP contribution in [0.4, 0.5) is 11.4 Å². The van der Waals surface area contributed by atoms with Gasteiger partial charge in [0.1, 0.15) is 5.58 Å². The molecule has 1 heterocycles. The van der Waals surface area contributed by atoms with E-state index in [4.69, 9.17) is 13.9 Å². The second-order valence-corrected chi connectivity index (χ2v) is 5.47. The summed E-state index contributed by atoms with van der Waals surface area (Å²) in [4.78, 5) is 25.3. The second-order valence-electron chi connectivity index (χ2n) is 5.47. The average Bonchev–Trinajstić information content (AvgIpc) is 2.66. The number of hydrogen-bond acceptors (Lipinski definition) is 6. The fraction of sp³-hybridized carbons (Fsp3) is 0.100. The van der Waals surface area contributed by atoms with Gasteiger partial charge in [-0.05, 0) is 24.3 Å². The first-order valence-corrected chi connectivity index (χ1v) is 7.82. The molecular formula is C20H17NO5. The summed E-state index contributed by atoms with van der Waals surface area (Å²) in [6.45, 7) is 3.39. The quantitative estimate of drug-likeness (QED) is 0.302. The van der Waals surface area contributed by atoms with E-state index in [2.05, 4.69) is 6.58 Å². The van der Waals surface area contributed by atoms with Crippen molar-refractivity contribution in [2.75, 3.05) is 19.1 Å². The van der Waals surface area contributed by atoms with E-state index in [0.717, 1.165) is 11.5 Å². The van der Waals surface area contributed by atoms with Gasteiger partial charge < -0.3 is 18.8 Å². The van der Waals surface area contributed by atoms with Gasteiger partial charge in [-0.3, -0.25) is 0 Å². The summed E-state index contributed by atoms with van der Waals surface area (Å²) in [6.07, 6.45) is 1.08. The Morgan fingerprint density at radius 3 is 2.65 bits per heavy atom. The molecule has 0 atom stereocenters. The van der Waals surface area contributed by atoms with Crippen molar-refractivity contribution in [1.82, 2.24) is 0 Å². The van der Waals surface area contributed by atoms with E-state index >= 15 is 0 Å². The molecule has 6 heteroatoms. The topological polar surface area (TPSA) is 69.0 Å². The van der Waals surface area contributed by atoms with Gasteiger partial charge in [0, 0.05) is 36.3 Å². The first kappa shape index (κ1) is 17.3.